The number of hydrogen-bond donors (Lipinski definition) is 1. The van der Waals surface area contributed by atoms with Gasteiger partial charge in [-0.3, -0.25) is 13.9 Å². The molecule has 4 rings (SSSR count). The predicted octanol–water partition coefficient (Wildman–Crippen LogP) is 3.39. The van der Waals surface area contributed by atoms with Gasteiger partial charge in [-0.15, -0.1) is 0 Å². The Morgan fingerprint density at radius 1 is 0.975 bits per heavy atom. The molecule has 3 aromatic rings. The average molecular weight is 570 g/mol. The molecule has 40 heavy (non-hydrogen) atoms. The van der Waals surface area contributed by atoms with Gasteiger partial charge in [0.05, 0.1) is 10.6 Å². The Morgan fingerprint density at radius 3 is 2.33 bits per heavy atom. The first-order chi connectivity index (χ1) is 19.2. The van der Waals surface area contributed by atoms with Crippen LogP contribution < -0.4 is 19.1 Å². The molecule has 0 fully saturated rings. The van der Waals surface area contributed by atoms with Gasteiger partial charge in [0.25, 0.3) is 10.0 Å². The number of halogens is 1. The minimum absolute atomic E-state index is 0.0957. The molecule has 9 nitrogen and oxygen atoms in total. The van der Waals surface area contributed by atoms with Crippen molar-refractivity contribution >= 4 is 27.5 Å². The summed E-state index contributed by atoms with van der Waals surface area (Å²) in [5.41, 5.74) is 1.06. The first kappa shape index (κ1) is 28.9. The second-order valence-electron chi connectivity index (χ2n) is 9.19. The van der Waals surface area contributed by atoms with Crippen LogP contribution in [0.1, 0.15) is 19.4 Å². The van der Waals surface area contributed by atoms with E-state index in [9.17, 15) is 22.4 Å². The Labute approximate surface area is 233 Å². The normalized spacial score (nSPS) is 13.3. The first-order valence-electron chi connectivity index (χ1n) is 13.0. The Kier molecular flexibility index (Phi) is 9.26. The zero-order chi connectivity index (χ0) is 28.7. The molecule has 1 N–H and O–H groups in total. The molecule has 1 atom stereocenters. The van der Waals surface area contributed by atoms with Crippen LogP contribution in [-0.2, 0) is 26.0 Å². The van der Waals surface area contributed by atoms with E-state index in [1.165, 1.54) is 35.2 Å². The second-order valence-corrected chi connectivity index (χ2v) is 11.0. The molecule has 1 aliphatic rings. The molecule has 0 bridgehead atoms. The lowest BCUT2D eigenvalue weighted by Gasteiger charge is -2.32. The van der Waals surface area contributed by atoms with Crippen molar-refractivity contribution in [2.75, 3.05) is 37.2 Å². The number of anilines is 1. The standard InChI is InChI=1S/C29H32FN3O6S/c1-3-31-29(35)21(2)32(16-15-22-7-5-4-6-8-22)28(34)20-33(24-11-9-23(30)10-12-24)40(36,37)25-13-14-26-27(19-25)39-18-17-38-26/h4-14,19,21H,3,15-18,20H2,1-2H3,(H,31,35). The number of nitrogens with zero attached hydrogens (tertiary/aromatic N) is 2. The van der Waals surface area contributed by atoms with Gasteiger partial charge in [0.2, 0.25) is 11.8 Å². The SMILES string of the molecule is CCNC(=O)C(C)N(CCc1ccccc1)C(=O)CN(c1ccc(F)cc1)S(=O)(=O)c1ccc2c(c1)OCCO2. The van der Waals surface area contributed by atoms with Crippen LogP contribution in [0.3, 0.4) is 0 Å². The number of nitrogens with one attached hydrogen (secondary N) is 1. The summed E-state index contributed by atoms with van der Waals surface area (Å²) in [4.78, 5) is 27.8. The zero-order valence-corrected chi connectivity index (χ0v) is 23.2. The Balaban J connectivity index is 1.68. The van der Waals surface area contributed by atoms with Crippen molar-refractivity contribution in [2.24, 2.45) is 0 Å². The van der Waals surface area contributed by atoms with Crippen molar-refractivity contribution in [1.29, 1.82) is 0 Å². The molecule has 0 aromatic heterocycles. The maximum Gasteiger partial charge on any atom is 0.264 e. The summed E-state index contributed by atoms with van der Waals surface area (Å²) < 4.78 is 53.6. The molecular formula is C29H32FN3O6S. The summed E-state index contributed by atoms with van der Waals surface area (Å²) in [5.74, 6) is -0.808. The highest BCUT2D eigenvalue weighted by Gasteiger charge is 2.33. The molecular weight excluding hydrogens is 537 g/mol. The summed E-state index contributed by atoms with van der Waals surface area (Å²) in [5, 5.41) is 2.72. The van der Waals surface area contributed by atoms with E-state index in [0.29, 0.717) is 25.3 Å². The maximum absolute atomic E-state index is 13.9. The molecule has 0 radical (unpaired) electrons. The van der Waals surface area contributed by atoms with Gasteiger partial charge in [-0.1, -0.05) is 30.3 Å². The van der Waals surface area contributed by atoms with Crippen LogP contribution >= 0.6 is 0 Å². The highest BCUT2D eigenvalue weighted by molar-refractivity contribution is 7.92. The van der Waals surface area contributed by atoms with Crippen LogP contribution in [0.4, 0.5) is 10.1 Å². The lowest BCUT2D eigenvalue weighted by atomic mass is 10.1. The number of carbonyl (C=O) groups is 2. The van der Waals surface area contributed by atoms with Crippen LogP contribution in [0.2, 0.25) is 0 Å². The van der Waals surface area contributed by atoms with Crippen LogP contribution in [0, 0.1) is 5.82 Å². The first-order valence-corrected chi connectivity index (χ1v) is 14.4. The molecule has 0 saturated heterocycles. The van der Waals surface area contributed by atoms with Gasteiger partial charge in [0, 0.05) is 19.2 Å². The van der Waals surface area contributed by atoms with E-state index < -0.39 is 34.3 Å². The minimum atomic E-state index is -4.33. The Morgan fingerprint density at radius 2 is 1.65 bits per heavy atom. The fourth-order valence-corrected chi connectivity index (χ4v) is 5.77. The zero-order valence-electron chi connectivity index (χ0n) is 22.4. The van der Waals surface area contributed by atoms with Crippen LogP contribution in [0.5, 0.6) is 11.5 Å². The smallest absolute Gasteiger partial charge is 0.264 e. The van der Waals surface area contributed by atoms with E-state index in [-0.39, 0.29) is 35.4 Å². The van der Waals surface area contributed by atoms with Crippen molar-refractivity contribution in [3.05, 3.63) is 84.2 Å². The van der Waals surface area contributed by atoms with Crippen molar-refractivity contribution in [3.63, 3.8) is 0 Å². The maximum atomic E-state index is 13.9. The third kappa shape index (κ3) is 6.71. The van der Waals surface area contributed by atoms with E-state index in [0.717, 1.165) is 22.0 Å². The molecule has 3 aromatic carbocycles. The third-order valence-corrected chi connectivity index (χ3v) is 8.27. The number of amides is 2. The van der Waals surface area contributed by atoms with Gasteiger partial charge in [-0.25, -0.2) is 12.8 Å². The van der Waals surface area contributed by atoms with E-state index >= 15 is 0 Å². The highest BCUT2D eigenvalue weighted by Crippen LogP contribution is 2.34. The molecule has 2 amide bonds. The molecule has 1 heterocycles. The van der Waals surface area contributed by atoms with Crippen molar-refractivity contribution in [3.8, 4) is 11.5 Å². The molecule has 0 aliphatic carbocycles. The van der Waals surface area contributed by atoms with Crippen LogP contribution in [0.15, 0.2) is 77.7 Å². The van der Waals surface area contributed by atoms with Gasteiger partial charge < -0.3 is 19.7 Å². The highest BCUT2D eigenvalue weighted by atomic mass is 32.2. The summed E-state index contributed by atoms with van der Waals surface area (Å²) in [6.45, 7) is 3.94. The van der Waals surface area contributed by atoms with Crippen LogP contribution in [-0.4, -0.2) is 64.0 Å². The number of hydrogen-bond acceptors (Lipinski definition) is 6. The number of rotatable bonds is 11. The van der Waals surface area contributed by atoms with E-state index in [2.05, 4.69) is 5.32 Å². The Hall–Kier alpha value is -4.12. The molecule has 11 heteroatoms. The van der Waals surface area contributed by atoms with Crippen molar-refractivity contribution in [2.45, 2.75) is 31.2 Å². The molecule has 0 spiro atoms. The number of sulfonamides is 1. The summed E-state index contributed by atoms with van der Waals surface area (Å²) in [7, 11) is -4.33. The number of likely N-dealkylation sites (N-methyl/N-ethyl adjacent to an activating group) is 1. The second kappa shape index (κ2) is 12.8. The number of ether oxygens (including phenoxy) is 2. The van der Waals surface area contributed by atoms with Crippen molar-refractivity contribution < 1.29 is 31.9 Å². The van der Waals surface area contributed by atoms with Gasteiger partial charge >= 0.3 is 0 Å². The van der Waals surface area contributed by atoms with E-state index in [4.69, 9.17) is 9.47 Å². The fourth-order valence-electron chi connectivity index (χ4n) is 4.34. The van der Waals surface area contributed by atoms with Gasteiger partial charge in [-0.2, -0.15) is 0 Å². The third-order valence-electron chi connectivity index (χ3n) is 6.50. The van der Waals surface area contributed by atoms with Crippen LogP contribution in [0.25, 0.3) is 0 Å². The quantitative estimate of drug-likeness (QED) is 0.380. The summed E-state index contributed by atoms with van der Waals surface area (Å²) in [6.07, 6.45) is 0.460. The minimum Gasteiger partial charge on any atom is -0.486 e. The predicted molar refractivity (Wildman–Crippen MR) is 148 cm³/mol. The summed E-state index contributed by atoms with van der Waals surface area (Å²) >= 11 is 0. The van der Waals surface area contributed by atoms with E-state index in [1.54, 1.807) is 13.8 Å². The lowest BCUT2D eigenvalue weighted by molar-refractivity contribution is -0.138. The fraction of sp³-hybridized carbons (Fsp3) is 0.310. The summed E-state index contributed by atoms with van der Waals surface area (Å²) in [6, 6.07) is 17.6. The molecule has 1 aliphatic heterocycles. The van der Waals surface area contributed by atoms with Gasteiger partial charge in [0.15, 0.2) is 11.5 Å². The average Bonchev–Trinajstić information content (AvgIpc) is 2.96. The largest absolute Gasteiger partial charge is 0.486 e. The van der Waals surface area contributed by atoms with Gasteiger partial charge in [-0.05, 0) is 62.2 Å². The van der Waals surface area contributed by atoms with Crippen molar-refractivity contribution in [1.82, 2.24) is 10.2 Å². The number of benzene rings is 3. The molecule has 0 saturated carbocycles. The monoisotopic (exact) mass is 569 g/mol. The lowest BCUT2D eigenvalue weighted by Crippen LogP contribution is -2.52. The molecule has 212 valence electrons. The van der Waals surface area contributed by atoms with Gasteiger partial charge in [0.1, 0.15) is 31.6 Å². The Bertz CT molecular complexity index is 1430. The number of fused-ring (bicyclic) bond motifs is 1. The topological polar surface area (TPSA) is 105 Å². The van der Waals surface area contributed by atoms with E-state index in [1.807, 2.05) is 30.3 Å². The molecule has 1 unspecified atom stereocenters. The number of carbonyl (C=O) groups excluding carboxylic acids is 2.